The molecule has 1 N–H and O–H groups in total. The van der Waals surface area contributed by atoms with Crippen molar-refractivity contribution in [3.63, 3.8) is 0 Å². The summed E-state index contributed by atoms with van der Waals surface area (Å²) in [7, 11) is -4.03. The van der Waals surface area contributed by atoms with Crippen molar-refractivity contribution in [2.75, 3.05) is 11.4 Å². The van der Waals surface area contributed by atoms with Gasteiger partial charge in [0.1, 0.15) is 10.4 Å². The third-order valence-electron chi connectivity index (χ3n) is 4.92. The summed E-state index contributed by atoms with van der Waals surface area (Å²) in [6, 6.07) is 3.24. The minimum atomic E-state index is -4.03. The lowest BCUT2D eigenvalue weighted by atomic mass is 9.97. The van der Waals surface area contributed by atoms with E-state index in [1.54, 1.807) is 42.5 Å². The summed E-state index contributed by atoms with van der Waals surface area (Å²) in [5.74, 6) is 0.216. The van der Waals surface area contributed by atoms with E-state index in [0.717, 1.165) is 13.0 Å². The highest BCUT2D eigenvalue weighted by atomic mass is 79.9. The smallest absolute Gasteiger partial charge is 0.268 e. The molecule has 1 aromatic heterocycles. The molecule has 1 atom stereocenters. The van der Waals surface area contributed by atoms with E-state index in [1.165, 1.54) is 12.2 Å². The number of rotatable bonds is 4. The molecule has 1 saturated heterocycles. The minimum Gasteiger partial charge on any atom is -0.351 e. The largest absolute Gasteiger partial charge is 0.351 e. The lowest BCUT2D eigenvalue weighted by molar-refractivity contribution is 0.0981. The van der Waals surface area contributed by atoms with E-state index in [4.69, 9.17) is 0 Å². The number of nitrogens with one attached hydrogen (secondary N) is 1. The van der Waals surface area contributed by atoms with Gasteiger partial charge in [0, 0.05) is 12.1 Å². The Morgan fingerprint density at radius 1 is 1.21 bits per heavy atom. The van der Waals surface area contributed by atoms with Gasteiger partial charge in [0.25, 0.3) is 15.9 Å². The van der Waals surface area contributed by atoms with Crippen molar-refractivity contribution in [2.45, 2.75) is 32.7 Å². The molecule has 1 aliphatic carbocycles. The molecule has 1 amide bonds. The van der Waals surface area contributed by atoms with Gasteiger partial charge < -0.3 is 4.90 Å². The van der Waals surface area contributed by atoms with Crippen LogP contribution in [0.15, 0.2) is 64.2 Å². The van der Waals surface area contributed by atoms with E-state index in [9.17, 15) is 13.2 Å². The number of carbonyl (C=O) groups is 1. The quantitative estimate of drug-likeness (QED) is 0.660. The second kappa shape index (κ2) is 8.28. The van der Waals surface area contributed by atoms with Gasteiger partial charge in [-0.05, 0) is 66.4 Å². The molecule has 1 fully saturated rings. The highest BCUT2D eigenvalue weighted by Crippen LogP contribution is 2.37. The first-order valence-corrected chi connectivity index (χ1v) is 11.6. The van der Waals surface area contributed by atoms with Gasteiger partial charge in [-0.2, -0.15) is 0 Å². The van der Waals surface area contributed by atoms with Crippen LogP contribution in [0.1, 0.15) is 37.6 Å². The third-order valence-corrected chi connectivity index (χ3v) is 6.71. The van der Waals surface area contributed by atoms with E-state index >= 15 is 0 Å². The van der Waals surface area contributed by atoms with E-state index in [-0.39, 0.29) is 16.0 Å². The van der Waals surface area contributed by atoms with Crippen LogP contribution in [0.4, 0.5) is 5.82 Å². The van der Waals surface area contributed by atoms with Crippen molar-refractivity contribution in [2.24, 2.45) is 5.92 Å². The summed E-state index contributed by atoms with van der Waals surface area (Å²) < 4.78 is 28.3. The van der Waals surface area contributed by atoms with E-state index in [1.807, 2.05) is 0 Å². The van der Waals surface area contributed by atoms with Crippen LogP contribution < -0.4 is 9.62 Å². The number of nitrogens with zero attached hydrogens (tertiary/aromatic N) is 2. The van der Waals surface area contributed by atoms with Gasteiger partial charge in [0.2, 0.25) is 0 Å². The second-order valence-electron chi connectivity index (χ2n) is 7.87. The maximum absolute atomic E-state index is 13.0. The van der Waals surface area contributed by atoms with Crippen LogP contribution in [0.2, 0.25) is 0 Å². The van der Waals surface area contributed by atoms with Crippen LogP contribution in [0.3, 0.4) is 0 Å². The number of allylic oxidation sites excluding steroid dienone is 7. The van der Waals surface area contributed by atoms with Gasteiger partial charge in [-0.25, -0.2) is 18.1 Å². The zero-order valence-electron chi connectivity index (χ0n) is 16.6. The van der Waals surface area contributed by atoms with E-state index in [2.05, 4.69) is 51.3 Å². The number of sulfonamides is 1. The first-order valence-electron chi connectivity index (χ1n) is 9.33. The Labute approximate surface area is 180 Å². The van der Waals surface area contributed by atoms with Crippen LogP contribution in [0, 0.1) is 5.92 Å². The second-order valence-corrected chi connectivity index (χ2v) is 10.4. The molecule has 1 aromatic rings. The first-order chi connectivity index (χ1) is 13.6. The Kier molecular flexibility index (Phi) is 6.14. The molecule has 2 aliphatic rings. The number of amides is 1. The van der Waals surface area contributed by atoms with E-state index in [0.29, 0.717) is 16.3 Å². The fourth-order valence-corrected chi connectivity index (χ4v) is 5.02. The molecule has 3 rings (SSSR count). The summed E-state index contributed by atoms with van der Waals surface area (Å²) in [4.78, 5) is 19.6. The number of hydrogen-bond acceptors (Lipinski definition) is 5. The Hall–Kier alpha value is -2.19. The van der Waals surface area contributed by atoms with Crippen LogP contribution in [0.25, 0.3) is 0 Å². The minimum absolute atomic E-state index is 0.00759. The topological polar surface area (TPSA) is 79.4 Å². The van der Waals surface area contributed by atoms with Gasteiger partial charge in [-0.15, -0.1) is 0 Å². The van der Waals surface area contributed by atoms with Crippen LogP contribution in [-0.2, 0) is 10.0 Å². The van der Waals surface area contributed by atoms with Crippen molar-refractivity contribution in [1.29, 1.82) is 0 Å². The van der Waals surface area contributed by atoms with Crippen molar-refractivity contribution in [1.82, 2.24) is 9.71 Å². The van der Waals surface area contributed by atoms with E-state index < -0.39 is 15.9 Å². The number of anilines is 1. The average Bonchev–Trinajstić information content (AvgIpc) is 2.85. The molecule has 0 aromatic carbocycles. The predicted octanol–water partition coefficient (Wildman–Crippen LogP) is 4.09. The normalized spacial score (nSPS) is 20.9. The summed E-state index contributed by atoms with van der Waals surface area (Å²) in [5, 5.41) is 0. The van der Waals surface area contributed by atoms with Gasteiger partial charge >= 0.3 is 0 Å². The molecular weight excluding hydrogens is 454 g/mol. The molecule has 0 radical (unpaired) electrons. The summed E-state index contributed by atoms with van der Waals surface area (Å²) in [6.07, 6.45) is 12.3. The lowest BCUT2D eigenvalue weighted by Crippen LogP contribution is -2.41. The standard InChI is InChI=1S/C21H24BrN3O3S/c1-15-13-21(2,3)25(14-15)19-17(11-12-18(22)23-19)20(26)24-29(27,28)16-9-7-5-4-6-8-10-16/h4-12,15H,13-14H2,1-3H3,(H,24,26)/t15-/m0/s1. The Morgan fingerprint density at radius 2 is 1.90 bits per heavy atom. The molecule has 0 bridgehead atoms. The highest BCUT2D eigenvalue weighted by Gasteiger charge is 2.39. The fraction of sp³-hybridized carbons (Fsp3) is 0.333. The third kappa shape index (κ3) is 4.87. The number of pyridine rings is 1. The molecule has 0 spiro atoms. The van der Waals surface area contributed by atoms with Crippen LogP contribution in [0.5, 0.6) is 0 Å². The Balaban J connectivity index is 1.94. The number of halogens is 1. The molecule has 2 heterocycles. The number of aromatic nitrogens is 1. The maximum Gasteiger partial charge on any atom is 0.268 e. The molecule has 154 valence electrons. The summed E-state index contributed by atoms with van der Waals surface area (Å²) in [6.45, 7) is 7.09. The lowest BCUT2D eigenvalue weighted by Gasteiger charge is -2.33. The SMILES string of the molecule is C[C@@H]1CN(c2nc(Br)ccc2C(=O)NS(=O)(=O)C2=CC=CC=CC=C2)C(C)(C)C1. The Bertz CT molecular complexity index is 1040. The predicted molar refractivity (Wildman–Crippen MR) is 119 cm³/mol. The van der Waals surface area contributed by atoms with Crippen LogP contribution in [-0.4, -0.2) is 31.4 Å². The highest BCUT2D eigenvalue weighted by molar-refractivity contribution is 9.10. The van der Waals surface area contributed by atoms with Crippen molar-refractivity contribution in [3.8, 4) is 0 Å². The van der Waals surface area contributed by atoms with Gasteiger partial charge in [-0.3, -0.25) is 4.79 Å². The Morgan fingerprint density at radius 3 is 2.59 bits per heavy atom. The molecule has 1 aliphatic heterocycles. The molecule has 6 nitrogen and oxygen atoms in total. The number of carbonyl (C=O) groups excluding carboxylic acids is 1. The molecule has 0 unspecified atom stereocenters. The van der Waals surface area contributed by atoms with Crippen molar-refractivity contribution >= 4 is 37.7 Å². The first kappa shape index (κ1) is 21.5. The zero-order chi connectivity index (χ0) is 21.2. The monoisotopic (exact) mass is 477 g/mol. The molecule has 8 heteroatoms. The average molecular weight is 478 g/mol. The maximum atomic E-state index is 13.0. The summed E-state index contributed by atoms with van der Waals surface area (Å²) in [5.41, 5.74) is 0.0353. The van der Waals surface area contributed by atoms with Crippen molar-refractivity contribution < 1.29 is 13.2 Å². The van der Waals surface area contributed by atoms with Gasteiger partial charge in [-0.1, -0.05) is 37.3 Å². The van der Waals surface area contributed by atoms with Gasteiger partial charge in [0.15, 0.2) is 0 Å². The summed E-state index contributed by atoms with van der Waals surface area (Å²) >= 11 is 3.37. The van der Waals surface area contributed by atoms with Crippen LogP contribution >= 0.6 is 15.9 Å². The zero-order valence-corrected chi connectivity index (χ0v) is 19.0. The molecule has 0 saturated carbocycles. The van der Waals surface area contributed by atoms with Gasteiger partial charge in [0.05, 0.1) is 10.5 Å². The number of hydrogen-bond donors (Lipinski definition) is 1. The van der Waals surface area contributed by atoms with Crippen molar-refractivity contribution in [3.05, 3.63) is 69.7 Å². The molecular formula is C21H24BrN3O3S. The fourth-order valence-electron chi connectivity index (χ4n) is 3.73. The molecule has 29 heavy (non-hydrogen) atoms.